The highest BCUT2D eigenvalue weighted by Crippen LogP contribution is 2.38. The van der Waals surface area contributed by atoms with Crippen LogP contribution in [0.15, 0.2) is 36.4 Å². The summed E-state index contributed by atoms with van der Waals surface area (Å²) in [5.74, 6) is 0.660. The number of anilines is 2. The largest absolute Gasteiger partial charge is 0.454 e. The van der Waals surface area contributed by atoms with Crippen molar-refractivity contribution in [1.29, 1.82) is 0 Å². The van der Waals surface area contributed by atoms with E-state index in [1.807, 2.05) is 31.2 Å². The van der Waals surface area contributed by atoms with E-state index >= 15 is 0 Å². The lowest BCUT2D eigenvalue weighted by Crippen LogP contribution is -2.43. The van der Waals surface area contributed by atoms with Gasteiger partial charge in [-0.1, -0.05) is 17.7 Å². The van der Waals surface area contributed by atoms with E-state index in [1.54, 1.807) is 17.0 Å². The summed E-state index contributed by atoms with van der Waals surface area (Å²) in [5, 5.41) is 2.88. The lowest BCUT2D eigenvalue weighted by atomic mass is 9.96. The number of nitrogens with one attached hydrogen (secondary N) is 1. The van der Waals surface area contributed by atoms with Gasteiger partial charge < -0.3 is 25.4 Å². The number of likely N-dealkylation sites (tertiary alicyclic amines) is 1. The SMILES string of the molecule is Cc1ccc(C(=O)N2CCCC(C(=O)Nc3cc4c(cc3N)OCO4)C2)cc1.Cl. The molecule has 2 aliphatic heterocycles. The summed E-state index contributed by atoms with van der Waals surface area (Å²) < 4.78 is 10.6. The van der Waals surface area contributed by atoms with E-state index in [4.69, 9.17) is 15.2 Å². The van der Waals surface area contributed by atoms with Crippen molar-refractivity contribution in [2.45, 2.75) is 19.8 Å². The topological polar surface area (TPSA) is 93.9 Å². The Morgan fingerprint density at radius 2 is 1.83 bits per heavy atom. The van der Waals surface area contributed by atoms with E-state index in [0.29, 0.717) is 41.5 Å². The van der Waals surface area contributed by atoms with Gasteiger partial charge in [-0.05, 0) is 31.9 Å². The Labute approximate surface area is 175 Å². The molecular weight excluding hydrogens is 394 g/mol. The molecule has 29 heavy (non-hydrogen) atoms. The number of aryl methyl sites for hydroxylation is 1. The summed E-state index contributed by atoms with van der Waals surface area (Å²) in [6.07, 6.45) is 1.51. The average Bonchev–Trinajstić information content (AvgIpc) is 3.15. The van der Waals surface area contributed by atoms with Gasteiger partial charge in [0.05, 0.1) is 17.3 Å². The van der Waals surface area contributed by atoms with Crippen LogP contribution in [-0.4, -0.2) is 36.6 Å². The molecule has 1 saturated heterocycles. The quantitative estimate of drug-likeness (QED) is 0.748. The van der Waals surface area contributed by atoms with Crippen molar-refractivity contribution in [3.8, 4) is 11.5 Å². The summed E-state index contributed by atoms with van der Waals surface area (Å²) in [6.45, 7) is 3.17. The third-order valence-corrected chi connectivity index (χ3v) is 5.18. The Morgan fingerprint density at radius 3 is 2.55 bits per heavy atom. The maximum atomic E-state index is 12.8. The molecule has 2 aliphatic rings. The monoisotopic (exact) mass is 417 g/mol. The van der Waals surface area contributed by atoms with Crippen LogP contribution in [0.1, 0.15) is 28.8 Å². The molecule has 0 radical (unpaired) electrons. The van der Waals surface area contributed by atoms with Crippen molar-refractivity contribution in [2.75, 3.05) is 30.9 Å². The Hall–Kier alpha value is -2.93. The first-order valence-electron chi connectivity index (χ1n) is 9.37. The molecule has 2 amide bonds. The molecule has 2 aromatic carbocycles. The van der Waals surface area contributed by atoms with Gasteiger partial charge in [0.2, 0.25) is 12.7 Å². The zero-order chi connectivity index (χ0) is 19.7. The van der Waals surface area contributed by atoms with Crippen molar-refractivity contribution in [3.63, 3.8) is 0 Å². The number of rotatable bonds is 3. The number of halogens is 1. The van der Waals surface area contributed by atoms with E-state index in [-0.39, 0.29) is 36.9 Å². The van der Waals surface area contributed by atoms with Crippen LogP contribution in [0.25, 0.3) is 0 Å². The van der Waals surface area contributed by atoms with Gasteiger partial charge in [0, 0.05) is 30.8 Å². The second kappa shape index (κ2) is 8.61. The van der Waals surface area contributed by atoms with Crippen LogP contribution in [-0.2, 0) is 4.79 Å². The summed E-state index contributed by atoms with van der Waals surface area (Å²) in [5.41, 5.74) is 8.68. The molecule has 2 heterocycles. The molecule has 2 aromatic rings. The highest BCUT2D eigenvalue weighted by molar-refractivity contribution is 5.98. The Bertz CT molecular complexity index is 917. The second-order valence-electron chi connectivity index (χ2n) is 7.24. The van der Waals surface area contributed by atoms with E-state index in [1.165, 1.54) is 0 Å². The van der Waals surface area contributed by atoms with Crippen molar-refractivity contribution in [2.24, 2.45) is 5.92 Å². The summed E-state index contributed by atoms with van der Waals surface area (Å²) in [4.78, 5) is 27.3. The van der Waals surface area contributed by atoms with Crippen LogP contribution in [0.2, 0.25) is 0 Å². The number of carbonyl (C=O) groups is 2. The highest BCUT2D eigenvalue weighted by atomic mass is 35.5. The second-order valence-corrected chi connectivity index (χ2v) is 7.24. The fourth-order valence-corrected chi connectivity index (χ4v) is 3.56. The van der Waals surface area contributed by atoms with Gasteiger partial charge in [-0.3, -0.25) is 9.59 Å². The van der Waals surface area contributed by atoms with Gasteiger partial charge in [-0.25, -0.2) is 0 Å². The molecule has 8 heteroatoms. The minimum absolute atomic E-state index is 0. The molecule has 1 atom stereocenters. The molecule has 0 aromatic heterocycles. The van der Waals surface area contributed by atoms with Gasteiger partial charge >= 0.3 is 0 Å². The predicted molar refractivity (Wildman–Crippen MR) is 113 cm³/mol. The number of nitrogen functional groups attached to an aromatic ring is 1. The Morgan fingerprint density at radius 1 is 1.14 bits per heavy atom. The smallest absolute Gasteiger partial charge is 0.253 e. The Kier molecular flexibility index (Phi) is 6.17. The fourth-order valence-electron chi connectivity index (χ4n) is 3.56. The minimum Gasteiger partial charge on any atom is -0.454 e. The third kappa shape index (κ3) is 4.40. The predicted octanol–water partition coefficient (Wildman–Crippen LogP) is 3.22. The first-order valence-corrected chi connectivity index (χ1v) is 9.37. The molecule has 0 spiro atoms. The number of hydrogen-bond donors (Lipinski definition) is 2. The van der Waals surface area contributed by atoms with Gasteiger partial charge in [0.15, 0.2) is 11.5 Å². The molecule has 0 saturated carbocycles. The number of ether oxygens (including phenoxy) is 2. The number of amides is 2. The van der Waals surface area contributed by atoms with Gasteiger partial charge in [0.25, 0.3) is 5.91 Å². The lowest BCUT2D eigenvalue weighted by Gasteiger charge is -2.32. The van der Waals surface area contributed by atoms with E-state index in [9.17, 15) is 9.59 Å². The van der Waals surface area contributed by atoms with E-state index in [0.717, 1.165) is 18.4 Å². The number of carbonyl (C=O) groups excluding carboxylic acids is 2. The highest BCUT2D eigenvalue weighted by Gasteiger charge is 2.29. The van der Waals surface area contributed by atoms with Crippen LogP contribution < -0.4 is 20.5 Å². The molecule has 4 rings (SSSR count). The molecular formula is C21H24ClN3O4. The average molecular weight is 418 g/mol. The zero-order valence-electron chi connectivity index (χ0n) is 16.1. The maximum absolute atomic E-state index is 12.8. The van der Waals surface area contributed by atoms with Gasteiger partial charge in [0.1, 0.15) is 0 Å². The molecule has 1 fully saturated rings. The third-order valence-electron chi connectivity index (χ3n) is 5.18. The van der Waals surface area contributed by atoms with Crippen LogP contribution in [0.3, 0.4) is 0 Å². The summed E-state index contributed by atoms with van der Waals surface area (Å²) in [7, 11) is 0. The van der Waals surface area contributed by atoms with Crippen LogP contribution in [0, 0.1) is 12.8 Å². The number of piperidine rings is 1. The molecule has 154 valence electrons. The molecule has 0 bridgehead atoms. The van der Waals surface area contributed by atoms with Crippen LogP contribution >= 0.6 is 12.4 Å². The first kappa shape index (κ1) is 20.8. The van der Waals surface area contributed by atoms with Crippen LogP contribution in [0.4, 0.5) is 11.4 Å². The van der Waals surface area contributed by atoms with Gasteiger partial charge in [-0.15, -0.1) is 12.4 Å². The number of hydrogen-bond acceptors (Lipinski definition) is 5. The van der Waals surface area contributed by atoms with Crippen molar-refractivity contribution in [3.05, 3.63) is 47.5 Å². The summed E-state index contributed by atoms with van der Waals surface area (Å²) >= 11 is 0. The number of nitrogens with two attached hydrogens (primary N) is 1. The molecule has 1 unspecified atom stereocenters. The summed E-state index contributed by atoms with van der Waals surface area (Å²) in [6, 6.07) is 10.8. The normalized spacial score (nSPS) is 17.4. The Balaban J connectivity index is 0.00000240. The van der Waals surface area contributed by atoms with Crippen molar-refractivity contribution in [1.82, 2.24) is 4.90 Å². The molecule has 3 N–H and O–H groups in total. The minimum atomic E-state index is -0.284. The van der Waals surface area contributed by atoms with Crippen molar-refractivity contribution < 1.29 is 19.1 Å². The fraction of sp³-hybridized carbons (Fsp3) is 0.333. The first-order chi connectivity index (χ1) is 13.5. The number of fused-ring (bicyclic) bond motifs is 1. The lowest BCUT2D eigenvalue weighted by molar-refractivity contribution is -0.121. The number of benzene rings is 2. The number of nitrogens with zero attached hydrogens (tertiary/aromatic N) is 1. The van der Waals surface area contributed by atoms with E-state index in [2.05, 4.69) is 5.32 Å². The molecule has 7 nitrogen and oxygen atoms in total. The van der Waals surface area contributed by atoms with Crippen molar-refractivity contribution >= 4 is 35.6 Å². The van der Waals surface area contributed by atoms with E-state index < -0.39 is 0 Å². The zero-order valence-corrected chi connectivity index (χ0v) is 17.0. The van der Waals surface area contributed by atoms with Gasteiger partial charge in [-0.2, -0.15) is 0 Å². The molecule has 0 aliphatic carbocycles. The maximum Gasteiger partial charge on any atom is 0.253 e. The van der Waals surface area contributed by atoms with Crippen LogP contribution in [0.5, 0.6) is 11.5 Å². The standard InChI is InChI=1S/C21H23N3O4.ClH/c1-13-4-6-14(7-5-13)21(26)24-8-2-3-15(11-24)20(25)23-17-10-19-18(9-16(17)22)27-12-28-19;/h4-7,9-10,15H,2-3,8,11-12,22H2,1H3,(H,23,25);1H.